The van der Waals surface area contributed by atoms with Crippen molar-refractivity contribution in [1.29, 1.82) is 0 Å². The third-order valence-electron chi connectivity index (χ3n) is 4.49. The van der Waals surface area contributed by atoms with E-state index in [9.17, 15) is 4.79 Å². The molecule has 3 aromatic rings. The van der Waals surface area contributed by atoms with Gasteiger partial charge in [0.05, 0.1) is 6.04 Å². The number of fused-ring (bicyclic) bond motifs is 1. The van der Waals surface area contributed by atoms with Crippen LogP contribution in [-0.2, 0) is 0 Å². The summed E-state index contributed by atoms with van der Waals surface area (Å²) in [5.41, 5.74) is 1.78. The van der Waals surface area contributed by atoms with Crippen LogP contribution in [0.1, 0.15) is 34.8 Å². The summed E-state index contributed by atoms with van der Waals surface area (Å²) in [6, 6.07) is 15.9. The highest BCUT2D eigenvalue weighted by atomic mass is 79.9. The van der Waals surface area contributed by atoms with Gasteiger partial charge in [0.1, 0.15) is 0 Å². The summed E-state index contributed by atoms with van der Waals surface area (Å²) in [7, 11) is 0. The molecule has 1 atom stereocenters. The van der Waals surface area contributed by atoms with Crippen molar-refractivity contribution in [2.75, 3.05) is 0 Å². The Bertz CT molecular complexity index is 891. The van der Waals surface area contributed by atoms with E-state index in [2.05, 4.69) is 32.3 Å². The number of hydrogen-bond acceptors (Lipinski definition) is 2. The third-order valence-corrected chi connectivity index (χ3v) is 4.98. The summed E-state index contributed by atoms with van der Waals surface area (Å²) in [5, 5.41) is 5.38. The van der Waals surface area contributed by atoms with Crippen molar-refractivity contribution in [2.24, 2.45) is 5.92 Å². The van der Waals surface area contributed by atoms with Gasteiger partial charge in [-0.25, -0.2) is 0 Å². The smallest absolute Gasteiger partial charge is 0.251 e. The average molecular weight is 381 g/mol. The molecular weight excluding hydrogens is 364 g/mol. The molecule has 1 saturated carbocycles. The van der Waals surface area contributed by atoms with E-state index in [-0.39, 0.29) is 11.9 Å². The Hall–Kier alpha value is -2.20. The number of rotatable bonds is 4. The van der Waals surface area contributed by atoms with Crippen LogP contribution in [0.4, 0.5) is 0 Å². The minimum atomic E-state index is -0.0272. The summed E-state index contributed by atoms with van der Waals surface area (Å²) in [5.74, 6) is 0.495. The SMILES string of the molecule is O=C(NC(c1cccnc1)C1CC1)c1ccc2cc(Br)ccc2c1. The van der Waals surface area contributed by atoms with Crippen LogP contribution >= 0.6 is 15.9 Å². The van der Waals surface area contributed by atoms with Crippen LogP contribution in [0.25, 0.3) is 10.8 Å². The second kappa shape index (κ2) is 6.36. The van der Waals surface area contributed by atoms with Crippen LogP contribution in [0.5, 0.6) is 0 Å². The molecule has 1 fully saturated rings. The summed E-state index contributed by atoms with van der Waals surface area (Å²) >= 11 is 3.48. The van der Waals surface area contributed by atoms with Crippen LogP contribution in [0.2, 0.25) is 0 Å². The van der Waals surface area contributed by atoms with E-state index in [1.165, 1.54) is 0 Å². The zero-order valence-corrected chi connectivity index (χ0v) is 14.7. The number of hydrogen-bond donors (Lipinski definition) is 1. The molecule has 24 heavy (non-hydrogen) atoms. The first-order valence-corrected chi connectivity index (χ1v) is 8.90. The normalized spacial score (nSPS) is 15.2. The molecule has 3 nitrogen and oxygen atoms in total. The molecule has 0 bridgehead atoms. The minimum absolute atomic E-state index is 0.0272. The van der Waals surface area contributed by atoms with Gasteiger partial charge in [0.2, 0.25) is 0 Å². The molecule has 2 aromatic carbocycles. The standard InChI is InChI=1S/C20H17BrN2O/c21-18-8-7-14-10-16(6-5-15(14)11-18)20(24)23-19(13-3-4-13)17-2-1-9-22-12-17/h1-2,5-13,19H,3-4H2,(H,23,24). The van der Waals surface area contributed by atoms with Crippen LogP contribution in [0.3, 0.4) is 0 Å². The number of carbonyl (C=O) groups excluding carboxylic acids is 1. The predicted molar refractivity (Wildman–Crippen MR) is 98.8 cm³/mol. The van der Waals surface area contributed by atoms with Crippen molar-refractivity contribution in [3.8, 4) is 0 Å². The first kappa shape index (κ1) is 15.3. The molecule has 1 aliphatic carbocycles. The van der Waals surface area contributed by atoms with Gasteiger partial charge in [-0.3, -0.25) is 9.78 Å². The molecule has 0 radical (unpaired) electrons. The fourth-order valence-electron chi connectivity index (χ4n) is 3.05. The highest BCUT2D eigenvalue weighted by molar-refractivity contribution is 9.10. The van der Waals surface area contributed by atoms with E-state index in [0.29, 0.717) is 11.5 Å². The summed E-state index contributed by atoms with van der Waals surface area (Å²) in [6.45, 7) is 0. The van der Waals surface area contributed by atoms with E-state index < -0.39 is 0 Å². The van der Waals surface area contributed by atoms with Crippen molar-refractivity contribution in [2.45, 2.75) is 18.9 Å². The Kier molecular flexibility index (Phi) is 4.07. The largest absolute Gasteiger partial charge is 0.345 e. The van der Waals surface area contributed by atoms with Gasteiger partial charge in [0, 0.05) is 22.4 Å². The number of nitrogens with one attached hydrogen (secondary N) is 1. The molecule has 4 heteroatoms. The number of nitrogens with zero attached hydrogens (tertiary/aromatic N) is 1. The second-order valence-electron chi connectivity index (χ2n) is 6.28. The number of benzene rings is 2. The second-order valence-corrected chi connectivity index (χ2v) is 7.20. The Morgan fingerprint density at radius 2 is 1.92 bits per heavy atom. The number of aromatic nitrogens is 1. The number of halogens is 1. The summed E-state index contributed by atoms with van der Waals surface area (Å²) < 4.78 is 1.04. The first-order valence-electron chi connectivity index (χ1n) is 8.11. The highest BCUT2D eigenvalue weighted by Crippen LogP contribution is 2.41. The van der Waals surface area contributed by atoms with Crippen LogP contribution in [-0.4, -0.2) is 10.9 Å². The van der Waals surface area contributed by atoms with E-state index >= 15 is 0 Å². The Balaban J connectivity index is 1.59. The Labute approximate surface area is 149 Å². The van der Waals surface area contributed by atoms with Gasteiger partial charge in [-0.2, -0.15) is 0 Å². The molecule has 1 amide bonds. The molecule has 4 rings (SSSR count). The quantitative estimate of drug-likeness (QED) is 0.700. The lowest BCUT2D eigenvalue weighted by atomic mass is 10.0. The molecule has 1 unspecified atom stereocenters. The summed E-state index contributed by atoms with van der Waals surface area (Å²) in [6.07, 6.45) is 5.93. The molecule has 1 heterocycles. The number of pyridine rings is 1. The molecule has 0 saturated heterocycles. The maximum absolute atomic E-state index is 12.7. The van der Waals surface area contributed by atoms with Crippen LogP contribution < -0.4 is 5.32 Å². The minimum Gasteiger partial charge on any atom is -0.345 e. The number of carbonyl (C=O) groups is 1. The van der Waals surface area contributed by atoms with Crippen LogP contribution in [0, 0.1) is 5.92 Å². The van der Waals surface area contributed by atoms with Gasteiger partial charge < -0.3 is 5.32 Å². The van der Waals surface area contributed by atoms with E-state index in [4.69, 9.17) is 0 Å². The molecule has 0 spiro atoms. The maximum Gasteiger partial charge on any atom is 0.251 e. The Morgan fingerprint density at radius 1 is 1.12 bits per heavy atom. The lowest BCUT2D eigenvalue weighted by Gasteiger charge is -2.18. The van der Waals surface area contributed by atoms with Gasteiger partial charge in [-0.15, -0.1) is 0 Å². The molecule has 0 aliphatic heterocycles. The third kappa shape index (κ3) is 3.20. The maximum atomic E-state index is 12.7. The van der Waals surface area contributed by atoms with Gasteiger partial charge in [0.25, 0.3) is 5.91 Å². The van der Waals surface area contributed by atoms with Crippen molar-refractivity contribution in [3.63, 3.8) is 0 Å². The molecule has 120 valence electrons. The van der Waals surface area contributed by atoms with Crippen LogP contribution in [0.15, 0.2) is 65.4 Å². The predicted octanol–water partition coefficient (Wildman–Crippen LogP) is 4.88. The van der Waals surface area contributed by atoms with Gasteiger partial charge in [-0.1, -0.05) is 34.1 Å². The van der Waals surface area contributed by atoms with E-state index in [1.54, 1.807) is 6.20 Å². The molecule has 1 N–H and O–H groups in total. The van der Waals surface area contributed by atoms with Crippen molar-refractivity contribution < 1.29 is 4.79 Å². The lowest BCUT2D eigenvalue weighted by molar-refractivity contribution is 0.0931. The van der Waals surface area contributed by atoms with Crippen molar-refractivity contribution in [3.05, 3.63) is 76.5 Å². The van der Waals surface area contributed by atoms with E-state index in [1.807, 2.05) is 48.7 Å². The average Bonchev–Trinajstić information content (AvgIpc) is 3.44. The van der Waals surface area contributed by atoms with Gasteiger partial charge in [0.15, 0.2) is 0 Å². The highest BCUT2D eigenvalue weighted by Gasteiger charge is 2.33. The fraction of sp³-hybridized carbons (Fsp3) is 0.200. The zero-order chi connectivity index (χ0) is 16.5. The van der Waals surface area contributed by atoms with Gasteiger partial charge >= 0.3 is 0 Å². The molecular formula is C20H17BrN2O. The monoisotopic (exact) mass is 380 g/mol. The zero-order valence-electron chi connectivity index (χ0n) is 13.1. The van der Waals surface area contributed by atoms with Crippen molar-refractivity contribution >= 4 is 32.6 Å². The number of amides is 1. The fourth-order valence-corrected chi connectivity index (χ4v) is 3.42. The topological polar surface area (TPSA) is 42.0 Å². The first-order chi connectivity index (χ1) is 11.7. The summed E-state index contributed by atoms with van der Waals surface area (Å²) in [4.78, 5) is 16.9. The lowest BCUT2D eigenvalue weighted by Crippen LogP contribution is -2.29. The molecule has 1 aromatic heterocycles. The van der Waals surface area contributed by atoms with Crippen molar-refractivity contribution in [1.82, 2.24) is 10.3 Å². The van der Waals surface area contributed by atoms with Gasteiger partial charge in [-0.05, 0) is 65.4 Å². The Morgan fingerprint density at radius 3 is 2.67 bits per heavy atom. The van der Waals surface area contributed by atoms with E-state index in [0.717, 1.165) is 33.7 Å². The molecule has 1 aliphatic rings.